The molecule has 5 heteroatoms. The van der Waals surface area contributed by atoms with Crippen molar-refractivity contribution in [3.05, 3.63) is 69.6 Å². The van der Waals surface area contributed by atoms with Crippen molar-refractivity contribution in [1.29, 1.82) is 0 Å². The predicted octanol–water partition coefficient (Wildman–Crippen LogP) is 0.992. The number of aromatic amines is 1. The molecule has 0 saturated heterocycles. The third-order valence-corrected chi connectivity index (χ3v) is 3.73. The standard InChI is InChI=1S/C16H17N3O2/c20-15-6-5-12(9-18-15)16(21)19-10-14-13-4-2-1-3-11(13)7-8-17-14/h1-6,9,14,17H,7-8,10H2,(H,18,20)(H,19,21). The van der Waals surface area contributed by atoms with Crippen LogP contribution in [0.2, 0.25) is 0 Å². The second-order valence-corrected chi connectivity index (χ2v) is 5.11. The molecule has 21 heavy (non-hydrogen) atoms. The molecule has 1 aliphatic rings. The van der Waals surface area contributed by atoms with Gasteiger partial charge >= 0.3 is 0 Å². The molecule has 1 aliphatic heterocycles. The number of aromatic nitrogens is 1. The summed E-state index contributed by atoms with van der Waals surface area (Å²) < 4.78 is 0. The number of carbonyl (C=O) groups is 1. The Morgan fingerprint density at radius 3 is 2.90 bits per heavy atom. The van der Waals surface area contributed by atoms with Gasteiger partial charge in [0.1, 0.15) is 0 Å². The van der Waals surface area contributed by atoms with Crippen LogP contribution in [-0.4, -0.2) is 24.0 Å². The number of nitrogens with one attached hydrogen (secondary N) is 3. The van der Waals surface area contributed by atoms with Crippen molar-refractivity contribution in [3.8, 4) is 0 Å². The molecular formula is C16H17N3O2. The van der Waals surface area contributed by atoms with E-state index in [1.54, 1.807) is 0 Å². The van der Waals surface area contributed by atoms with E-state index in [4.69, 9.17) is 0 Å². The van der Waals surface area contributed by atoms with Crippen LogP contribution in [0.3, 0.4) is 0 Å². The molecule has 1 atom stereocenters. The number of amides is 1. The van der Waals surface area contributed by atoms with Crippen molar-refractivity contribution < 1.29 is 4.79 Å². The summed E-state index contributed by atoms with van der Waals surface area (Å²) in [6.45, 7) is 1.44. The molecular weight excluding hydrogens is 266 g/mol. The minimum atomic E-state index is -0.213. The molecule has 1 aromatic carbocycles. The van der Waals surface area contributed by atoms with Gasteiger partial charge in [-0.2, -0.15) is 0 Å². The lowest BCUT2D eigenvalue weighted by molar-refractivity contribution is 0.0948. The van der Waals surface area contributed by atoms with E-state index in [2.05, 4.69) is 27.8 Å². The van der Waals surface area contributed by atoms with Crippen molar-refractivity contribution in [2.75, 3.05) is 13.1 Å². The van der Waals surface area contributed by atoms with Gasteiger partial charge in [-0.1, -0.05) is 24.3 Å². The summed E-state index contributed by atoms with van der Waals surface area (Å²) in [5.41, 5.74) is 2.82. The van der Waals surface area contributed by atoms with Crippen LogP contribution in [0, 0.1) is 0 Å². The number of carbonyl (C=O) groups excluding carboxylic acids is 1. The summed E-state index contributed by atoms with van der Waals surface area (Å²) >= 11 is 0. The van der Waals surface area contributed by atoms with Gasteiger partial charge < -0.3 is 15.6 Å². The highest BCUT2D eigenvalue weighted by Crippen LogP contribution is 2.21. The fraction of sp³-hybridized carbons (Fsp3) is 0.250. The minimum Gasteiger partial charge on any atom is -0.350 e. The smallest absolute Gasteiger partial charge is 0.252 e. The number of H-pyrrole nitrogens is 1. The Bertz CT molecular complexity index is 688. The third-order valence-electron chi connectivity index (χ3n) is 3.73. The maximum atomic E-state index is 12.0. The maximum Gasteiger partial charge on any atom is 0.252 e. The summed E-state index contributed by atoms with van der Waals surface area (Å²) in [5.74, 6) is -0.184. The van der Waals surface area contributed by atoms with Gasteiger partial charge in [0.25, 0.3) is 5.91 Å². The number of hydrogen-bond donors (Lipinski definition) is 3. The molecule has 3 N–H and O–H groups in total. The quantitative estimate of drug-likeness (QED) is 0.786. The molecule has 2 aromatic rings. The minimum absolute atomic E-state index is 0.127. The monoisotopic (exact) mass is 283 g/mol. The topological polar surface area (TPSA) is 74.0 Å². The van der Waals surface area contributed by atoms with E-state index in [1.807, 2.05) is 12.1 Å². The van der Waals surface area contributed by atoms with Crippen LogP contribution < -0.4 is 16.2 Å². The number of rotatable bonds is 3. The van der Waals surface area contributed by atoms with Gasteiger partial charge in [-0.15, -0.1) is 0 Å². The summed E-state index contributed by atoms with van der Waals surface area (Å²) in [7, 11) is 0. The number of benzene rings is 1. The van der Waals surface area contributed by atoms with Crippen molar-refractivity contribution in [1.82, 2.24) is 15.6 Å². The second-order valence-electron chi connectivity index (χ2n) is 5.11. The molecule has 0 spiro atoms. The third kappa shape index (κ3) is 3.03. The van der Waals surface area contributed by atoms with E-state index in [0.29, 0.717) is 12.1 Å². The van der Waals surface area contributed by atoms with Crippen molar-refractivity contribution >= 4 is 5.91 Å². The normalized spacial score (nSPS) is 17.0. The lowest BCUT2D eigenvalue weighted by Crippen LogP contribution is -2.38. The SMILES string of the molecule is O=C(NCC1NCCc2ccccc21)c1ccc(=O)[nH]c1. The first-order chi connectivity index (χ1) is 10.2. The molecule has 1 aromatic heterocycles. The molecule has 3 rings (SSSR count). The van der Waals surface area contributed by atoms with Gasteiger partial charge in [0.2, 0.25) is 5.56 Å². The molecule has 0 bridgehead atoms. The highest BCUT2D eigenvalue weighted by Gasteiger charge is 2.19. The van der Waals surface area contributed by atoms with Crippen molar-refractivity contribution in [2.24, 2.45) is 0 Å². The highest BCUT2D eigenvalue weighted by molar-refractivity contribution is 5.93. The Kier molecular flexibility index (Phi) is 3.83. The van der Waals surface area contributed by atoms with Gasteiger partial charge in [-0.25, -0.2) is 0 Å². The summed E-state index contributed by atoms with van der Waals surface area (Å²) in [4.78, 5) is 25.5. The zero-order valence-electron chi connectivity index (χ0n) is 11.6. The van der Waals surface area contributed by atoms with Gasteiger partial charge in [-0.3, -0.25) is 9.59 Å². The molecule has 108 valence electrons. The first-order valence-corrected chi connectivity index (χ1v) is 7.02. The Labute approximate surface area is 122 Å². The molecule has 0 saturated carbocycles. The average molecular weight is 283 g/mol. The number of fused-ring (bicyclic) bond motifs is 1. The molecule has 0 aliphatic carbocycles. The Balaban J connectivity index is 1.67. The fourth-order valence-electron chi connectivity index (χ4n) is 2.62. The van der Waals surface area contributed by atoms with Gasteiger partial charge in [-0.05, 0) is 30.2 Å². The van der Waals surface area contributed by atoms with Crippen LogP contribution >= 0.6 is 0 Å². The second kappa shape index (κ2) is 5.93. The maximum absolute atomic E-state index is 12.0. The highest BCUT2D eigenvalue weighted by atomic mass is 16.1. The molecule has 0 radical (unpaired) electrons. The van der Waals surface area contributed by atoms with E-state index < -0.39 is 0 Å². The van der Waals surface area contributed by atoms with Crippen LogP contribution in [-0.2, 0) is 6.42 Å². The molecule has 2 heterocycles. The molecule has 0 fully saturated rings. The van der Waals surface area contributed by atoms with Crippen LogP contribution in [0.5, 0.6) is 0 Å². The zero-order chi connectivity index (χ0) is 14.7. The lowest BCUT2D eigenvalue weighted by atomic mass is 9.94. The van der Waals surface area contributed by atoms with E-state index in [9.17, 15) is 9.59 Å². The van der Waals surface area contributed by atoms with E-state index >= 15 is 0 Å². The van der Waals surface area contributed by atoms with Crippen LogP contribution in [0.15, 0.2) is 47.4 Å². The Hall–Kier alpha value is -2.40. The number of pyridine rings is 1. The first kappa shape index (κ1) is 13.6. The predicted molar refractivity (Wildman–Crippen MR) is 80.3 cm³/mol. The van der Waals surface area contributed by atoms with Crippen LogP contribution in [0.4, 0.5) is 0 Å². The van der Waals surface area contributed by atoms with Crippen LogP contribution in [0.1, 0.15) is 27.5 Å². The Morgan fingerprint density at radius 1 is 1.24 bits per heavy atom. The summed E-state index contributed by atoms with van der Waals surface area (Å²) in [6, 6.07) is 11.3. The lowest BCUT2D eigenvalue weighted by Gasteiger charge is -2.27. The van der Waals surface area contributed by atoms with E-state index in [-0.39, 0.29) is 17.5 Å². The first-order valence-electron chi connectivity index (χ1n) is 7.02. The van der Waals surface area contributed by atoms with E-state index in [0.717, 1.165) is 13.0 Å². The molecule has 1 unspecified atom stereocenters. The van der Waals surface area contributed by atoms with E-state index in [1.165, 1.54) is 29.5 Å². The summed E-state index contributed by atoms with van der Waals surface area (Å²) in [5, 5.41) is 6.32. The molecule has 1 amide bonds. The Morgan fingerprint density at radius 2 is 2.10 bits per heavy atom. The van der Waals surface area contributed by atoms with Crippen molar-refractivity contribution in [2.45, 2.75) is 12.5 Å². The zero-order valence-corrected chi connectivity index (χ0v) is 11.6. The van der Waals surface area contributed by atoms with Crippen LogP contribution in [0.25, 0.3) is 0 Å². The largest absolute Gasteiger partial charge is 0.350 e. The van der Waals surface area contributed by atoms with Gasteiger partial charge in [0.05, 0.1) is 5.56 Å². The van der Waals surface area contributed by atoms with Crippen molar-refractivity contribution in [3.63, 3.8) is 0 Å². The summed E-state index contributed by atoms with van der Waals surface area (Å²) in [6.07, 6.45) is 2.44. The fourth-order valence-corrected chi connectivity index (χ4v) is 2.62. The average Bonchev–Trinajstić information content (AvgIpc) is 2.53. The van der Waals surface area contributed by atoms with Gasteiger partial charge in [0.15, 0.2) is 0 Å². The van der Waals surface area contributed by atoms with Gasteiger partial charge in [0, 0.05) is 24.8 Å². The molecule has 5 nitrogen and oxygen atoms in total. The number of hydrogen-bond acceptors (Lipinski definition) is 3.